The molecule has 0 radical (unpaired) electrons. The summed E-state index contributed by atoms with van der Waals surface area (Å²) in [4.78, 5) is 3.79. The Labute approximate surface area is 80.3 Å². The number of halogens is 1. The van der Waals surface area contributed by atoms with Crippen LogP contribution < -0.4 is 5.73 Å². The summed E-state index contributed by atoms with van der Waals surface area (Å²) < 4.78 is 0. The second kappa shape index (κ2) is 4.00. The molecule has 0 bridgehead atoms. The Morgan fingerprint density at radius 3 is 2.77 bits per heavy atom. The number of aliphatic imine (C=N–C) groups is 1. The monoisotopic (exact) mass is 200 g/mol. The summed E-state index contributed by atoms with van der Waals surface area (Å²) in [7, 11) is 0. The summed E-state index contributed by atoms with van der Waals surface area (Å²) in [5.74, 6) is 0.224. The highest BCUT2D eigenvalue weighted by Crippen LogP contribution is 2.29. The predicted molar refractivity (Wildman–Crippen MR) is 51.8 cm³/mol. The number of amidine groups is 1. The molecule has 4 nitrogen and oxygen atoms in total. The average Bonchev–Trinajstić information content (AvgIpc) is 2.11. The van der Waals surface area contributed by atoms with Crippen LogP contribution >= 0.6 is 11.6 Å². The van der Waals surface area contributed by atoms with Gasteiger partial charge in [-0.05, 0) is 12.1 Å². The normalized spacial score (nSPS) is 11.6. The van der Waals surface area contributed by atoms with Crippen LogP contribution in [0, 0.1) is 0 Å². The molecule has 0 spiro atoms. The maximum Gasteiger partial charge on any atom is 0.141 e. The molecule has 0 aromatic heterocycles. The lowest BCUT2D eigenvalue weighted by Gasteiger charge is -2.00. The Kier molecular flexibility index (Phi) is 2.97. The van der Waals surface area contributed by atoms with Crippen molar-refractivity contribution in [3.8, 4) is 11.5 Å². The number of phenolic OH excluding ortho intramolecular Hbond substituents is 2. The van der Waals surface area contributed by atoms with E-state index in [1.807, 2.05) is 0 Å². The lowest BCUT2D eigenvalue weighted by Crippen LogP contribution is -2.12. The highest BCUT2D eigenvalue weighted by molar-refractivity contribution is 6.28. The molecule has 0 unspecified atom stereocenters. The van der Waals surface area contributed by atoms with Gasteiger partial charge in [0.1, 0.15) is 23.0 Å². The number of phenols is 2. The third kappa shape index (κ3) is 2.52. The van der Waals surface area contributed by atoms with Crippen LogP contribution in [0.3, 0.4) is 0 Å². The molecule has 70 valence electrons. The summed E-state index contributed by atoms with van der Waals surface area (Å²) in [5, 5.41) is 18.3. The van der Waals surface area contributed by atoms with Crippen LogP contribution in [-0.4, -0.2) is 21.9 Å². The standard InChI is InChI=1S/C8H9ClN2O2/c9-4-8(10)11-6-3-5(12)1-2-7(6)13/h1-3,12-13H,4H2,(H2,10,11). The molecule has 0 amide bonds. The number of nitrogens with two attached hydrogens (primary N) is 1. The maximum absolute atomic E-state index is 9.26. The lowest BCUT2D eigenvalue weighted by atomic mass is 10.3. The molecule has 5 heteroatoms. The van der Waals surface area contributed by atoms with Crippen LogP contribution in [-0.2, 0) is 0 Å². The Morgan fingerprint density at radius 1 is 1.46 bits per heavy atom. The fourth-order valence-corrected chi connectivity index (χ4v) is 0.846. The van der Waals surface area contributed by atoms with Gasteiger partial charge in [0, 0.05) is 6.07 Å². The van der Waals surface area contributed by atoms with Crippen molar-refractivity contribution in [1.82, 2.24) is 0 Å². The van der Waals surface area contributed by atoms with Gasteiger partial charge in [-0.2, -0.15) is 0 Å². The molecule has 1 aromatic rings. The zero-order valence-electron chi connectivity index (χ0n) is 6.74. The number of alkyl halides is 1. The van der Waals surface area contributed by atoms with Crippen LogP contribution in [0.15, 0.2) is 23.2 Å². The second-order valence-corrected chi connectivity index (χ2v) is 2.68. The Balaban J connectivity index is 3.07. The van der Waals surface area contributed by atoms with E-state index in [4.69, 9.17) is 22.4 Å². The Hall–Kier alpha value is -1.42. The summed E-state index contributed by atoms with van der Waals surface area (Å²) >= 11 is 5.39. The third-order valence-electron chi connectivity index (χ3n) is 1.36. The van der Waals surface area contributed by atoms with E-state index in [1.165, 1.54) is 18.2 Å². The van der Waals surface area contributed by atoms with Crippen molar-refractivity contribution in [3.63, 3.8) is 0 Å². The van der Waals surface area contributed by atoms with Crippen molar-refractivity contribution in [2.75, 3.05) is 5.88 Å². The number of aromatic hydroxyl groups is 2. The first kappa shape index (κ1) is 9.67. The molecular weight excluding hydrogens is 192 g/mol. The largest absolute Gasteiger partial charge is 0.508 e. The van der Waals surface area contributed by atoms with Gasteiger partial charge in [0.2, 0.25) is 0 Å². The van der Waals surface area contributed by atoms with E-state index in [-0.39, 0.29) is 28.9 Å². The quantitative estimate of drug-likeness (QED) is 0.292. The van der Waals surface area contributed by atoms with Gasteiger partial charge in [-0.25, -0.2) is 4.99 Å². The molecule has 0 saturated carbocycles. The minimum atomic E-state index is -0.0501. The van der Waals surface area contributed by atoms with E-state index < -0.39 is 0 Å². The molecule has 1 aromatic carbocycles. The first-order chi connectivity index (χ1) is 6.13. The minimum Gasteiger partial charge on any atom is -0.508 e. The van der Waals surface area contributed by atoms with Crippen LogP contribution in [0.4, 0.5) is 5.69 Å². The number of rotatable bonds is 2. The summed E-state index contributed by atoms with van der Waals surface area (Å²) in [6.07, 6.45) is 0. The second-order valence-electron chi connectivity index (χ2n) is 2.41. The molecule has 4 N–H and O–H groups in total. The van der Waals surface area contributed by atoms with Gasteiger partial charge in [-0.15, -0.1) is 11.6 Å². The first-order valence-electron chi connectivity index (χ1n) is 3.54. The minimum absolute atomic E-state index is 0.0129. The number of nitrogens with zero attached hydrogens (tertiary/aromatic N) is 1. The van der Waals surface area contributed by atoms with Crippen molar-refractivity contribution >= 4 is 23.1 Å². The van der Waals surface area contributed by atoms with Gasteiger partial charge in [0.15, 0.2) is 0 Å². The Bertz CT molecular complexity index is 339. The molecule has 1 rings (SSSR count). The predicted octanol–water partition coefficient (Wildman–Crippen LogP) is 1.33. The molecule has 0 aliphatic carbocycles. The molecule has 0 atom stereocenters. The van der Waals surface area contributed by atoms with E-state index in [0.29, 0.717) is 0 Å². The third-order valence-corrected chi connectivity index (χ3v) is 1.63. The topological polar surface area (TPSA) is 78.8 Å². The van der Waals surface area contributed by atoms with Gasteiger partial charge in [-0.1, -0.05) is 0 Å². The van der Waals surface area contributed by atoms with Crippen LogP contribution in [0.2, 0.25) is 0 Å². The molecule has 0 aliphatic heterocycles. The molecular formula is C8H9ClN2O2. The number of hydrogen-bond donors (Lipinski definition) is 3. The zero-order chi connectivity index (χ0) is 9.84. The van der Waals surface area contributed by atoms with E-state index in [2.05, 4.69) is 4.99 Å². The van der Waals surface area contributed by atoms with Crippen molar-refractivity contribution in [3.05, 3.63) is 18.2 Å². The van der Waals surface area contributed by atoms with Gasteiger partial charge in [0.25, 0.3) is 0 Å². The highest BCUT2D eigenvalue weighted by Gasteiger charge is 2.01. The molecule has 0 heterocycles. The highest BCUT2D eigenvalue weighted by atomic mass is 35.5. The van der Waals surface area contributed by atoms with Crippen molar-refractivity contribution in [1.29, 1.82) is 0 Å². The van der Waals surface area contributed by atoms with Crippen LogP contribution in [0.25, 0.3) is 0 Å². The van der Waals surface area contributed by atoms with Crippen molar-refractivity contribution in [2.24, 2.45) is 10.7 Å². The van der Waals surface area contributed by atoms with Gasteiger partial charge >= 0.3 is 0 Å². The smallest absolute Gasteiger partial charge is 0.141 e. The van der Waals surface area contributed by atoms with E-state index in [9.17, 15) is 5.11 Å². The molecule has 0 aliphatic rings. The maximum atomic E-state index is 9.26. The zero-order valence-corrected chi connectivity index (χ0v) is 7.49. The summed E-state index contributed by atoms with van der Waals surface area (Å²) in [6.45, 7) is 0. The molecule has 13 heavy (non-hydrogen) atoms. The number of benzene rings is 1. The van der Waals surface area contributed by atoms with Gasteiger partial charge < -0.3 is 15.9 Å². The average molecular weight is 201 g/mol. The molecule has 0 fully saturated rings. The van der Waals surface area contributed by atoms with Gasteiger partial charge in [-0.3, -0.25) is 0 Å². The molecule has 0 saturated heterocycles. The lowest BCUT2D eigenvalue weighted by molar-refractivity contribution is 0.461. The van der Waals surface area contributed by atoms with Crippen molar-refractivity contribution < 1.29 is 10.2 Å². The first-order valence-corrected chi connectivity index (χ1v) is 4.08. The van der Waals surface area contributed by atoms with E-state index in [0.717, 1.165) is 0 Å². The summed E-state index contributed by atoms with van der Waals surface area (Å²) in [5.41, 5.74) is 5.56. The van der Waals surface area contributed by atoms with Crippen LogP contribution in [0.5, 0.6) is 11.5 Å². The fraction of sp³-hybridized carbons (Fsp3) is 0.125. The summed E-state index contributed by atoms with van der Waals surface area (Å²) in [6, 6.07) is 3.98. The number of hydrogen-bond acceptors (Lipinski definition) is 3. The van der Waals surface area contributed by atoms with E-state index in [1.54, 1.807) is 0 Å². The Morgan fingerprint density at radius 2 is 2.15 bits per heavy atom. The van der Waals surface area contributed by atoms with Crippen molar-refractivity contribution in [2.45, 2.75) is 0 Å². The van der Waals surface area contributed by atoms with Gasteiger partial charge in [0.05, 0.1) is 5.88 Å². The van der Waals surface area contributed by atoms with E-state index >= 15 is 0 Å². The SMILES string of the molecule is NC(CCl)=Nc1cc(O)ccc1O. The fourth-order valence-electron chi connectivity index (χ4n) is 0.786. The van der Waals surface area contributed by atoms with Crippen LogP contribution in [0.1, 0.15) is 0 Å².